The molecule has 2 rings (SSSR count). The molecule has 1 aliphatic heterocycles. The fourth-order valence-electron chi connectivity index (χ4n) is 1.93. The van der Waals surface area contributed by atoms with Crippen LogP contribution in [0.5, 0.6) is 0 Å². The molecule has 1 atom stereocenters. The highest BCUT2D eigenvalue weighted by Crippen LogP contribution is 2.28. The van der Waals surface area contributed by atoms with E-state index in [1.54, 1.807) is 0 Å². The summed E-state index contributed by atoms with van der Waals surface area (Å²) in [7, 11) is 0. The van der Waals surface area contributed by atoms with E-state index < -0.39 is 0 Å². The van der Waals surface area contributed by atoms with E-state index in [4.69, 9.17) is 5.26 Å². The van der Waals surface area contributed by atoms with Crippen LogP contribution >= 0.6 is 27.7 Å². The van der Waals surface area contributed by atoms with Crippen molar-refractivity contribution in [2.75, 3.05) is 23.0 Å². The van der Waals surface area contributed by atoms with Crippen molar-refractivity contribution in [3.05, 3.63) is 28.2 Å². The van der Waals surface area contributed by atoms with Crippen LogP contribution in [-0.2, 0) is 0 Å². The van der Waals surface area contributed by atoms with Crippen molar-refractivity contribution in [2.24, 2.45) is 0 Å². The molecular weight excluding hydrogens is 284 g/mol. The summed E-state index contributed by atoms with van der Waals surface area (Å²) < 4.78 is 0.965. The number of nitriles is 1. The van der Waals surface area contributed by atoms with Crippen LogP contribution in [0.15, 0.2) is 22.7 Å². The SMILES string of the molecule is CC1CSCCN1c1ccc(Br)cc1C#N. The first-order valence-corrected chi connectivity index (χ1v) is 7.21. The van der Waals surface area contributed by atoms with Crippen LogP contribution in [-0.4, -0.2) is 24.1 Å². The van der Waals surface area contributed by atoms with Gasteiger partial charge in [0, 0.05) is 28.6 Å². The zero-order chi connectivity index (χ0) is 11.5. The number of benzene rings is 1. The maximum absolute atomic E-state index is 9.16. The number of anilines is 1. The van der Waals surface area contributed by atoms with E-state index in [9.17, 15) is 0 Å². The third-order valence-corrected chi connectivity index (χ3v) is 4.44. The van der Waals surface area contributed by atoms with Gasteiger partial charge in [0.15, 0.2) is 0 Å². The Morgan fingerprint density at radius 1 is 1.56 bits per heavy atom. The maximum Gasteiger partial charge on any atom is 0.101 e. The van der Waals surface area contributed by atoms with Crippen molar-refractivity contribution in [1.82, 2.24) is 0 Å². The molecule has 1 aliphatic rings. The fraction of sp³-hybridized carbons (Fsp3) is 0.417. The number of thioether (sulfide) groups is 1. The van der Waals surface area contributed by atoms with Crippen LogP contribution in [0.25, 0.3) is 0 Å². The summed E-state index contributed by atoms with van der Waals surface area (Å²) in [4.78, 5) is 2.33. The van der Waals surface area contributed by atoms with E-state index in [2.05, 4.69) is 33.8 Å². The second kappa shape index (κ2) is 5.11. The third kappa shape index (κ3) is 2.36. The molecule has 1 aromatic carbocycles. The number of hydrogen-bond acceptors (Lipinski definition) is 3. The molecule has 1 saturated heterocycles. The van der Waals surface area contributed by atoms with E-state index in [1.165, 1.54) is 0 Å². The van der Waals surface area contributed by atoms with Gasteiger partial charge in [-0.15, -0.1) is 0 Å². The van der Waals surface area contributed by atoms with Gasteiger partial charge in [0.2, 0.25) is 0 Å². The molecule has 0 amide bonds. The Morgan fingerprint density at radius 3 is 3.06 bits per heavy atom. The Labute approximate surface area is 109 Å². The zero-order valence-electron chi connectivity index (χ0n) is 9.11. The molecule has 0 saturated carbocycles. The van der Waals surface area contributed by atoms with E-state index in [0.717, 1.165) is 33.8 Å². The number of halogens is 1. The van der Waals surface area contributed by atoms with Crippen molar-refractivity contribution < 1.29 is 0 Å². The lowest BCUT2D eigenvalue weighted by molar-refractivity contribution is 0.699. The standard InChI is InChI=1S/C12H13BrN2S/c1-9-8-16-5-4-15(9)12-3-2-11(13)6-10(12)7-14/h2-3,6,9H,4-5,8H2,1H3. The van der Waals surface area contributed by atoms with Crippen LogP contribution < -0.4 is 4.90 Å². The maximum atomic E-state index is 9.16. The molecule has 0 N–H and O–H groups in total. The molecule has 84 valence electrons. The number of rotatable bonds is 1. The average Bonchev–Trinajstić information content (AvgIpc) is 2.30. The lowest BCUT2D eigenvalue weighted by Gasteiger charge is -2.35. The Balaban J connectivity index is 2.35. The molecule has 1 unspecified atom stereocenters. The van der Waals surface area contributed by atoms with Crippen LogP contribution in [0.4, 0.5) is 5.69 Å². The first-order valence-electron chi connectivity index (χ1n) is 5.26. The molecule has 16 heavy (non-hydrogen) atoms. The molecule has 1 fully saturated rings. The van der Waals surface area contributed by atoms with Gasteiger partial charge in [-0.2, -0.15) is 17.0 Å². The van der Waals surface area contributed by atoms with Crippen molar-refractivity contribution in [3.8, 4) is 6.07 Å². The minimum atomic E-state index is 0.507. The van der Waals surface area contributed by atoms with Gasteiger partial charge < -0.3 is 4.90 Å². The van der Waals surface area contributed by atoms with E-state index in [1.807, 2.05) is 30.0 Å². The van der Waals surface area contributed by atoms with Gasteiger partial charge in [0.05, 0.1) is 11.3 Å². The molecule has 1 aromatic rings. The van der Waals surface area contributed by atoms with E-state index in [-0.39, 0.29) is 0 Å². The quantitative estimate of drug-likeness (QED) is 0.796. The molecule has 1 heterocycles. The molecular formula is C12H13BrN2S. The van der Waals surface area contributed by atoms with Crippen molar-refractivity contribution in [1.29, 1.82) is 5.26 Å². The minimum absolute atomic E-state index is 0.507. The van der Waals surface area contributed by atoms with Crippen LogP contribution in [0.3, 0.4) is 0 Å². The van der Waals surface area contributed by atoms with Gasteiger partial charge >= 0.3 is 0 Å². The first kappa shape index (κ1) is 11.8. The van der Waals surface area contributed by atoms with Crippen molar-refractivity contribution in [2.45, 2.75) is 13.0 Å². The highest BCUT2D eigenvalue weighted by atomic mass is 79.9. The molecule has 2 nitrogen and oxygen atoms in total. The molecule has 0 spiro atoms. The van der Waals surface area contributed by atoms with Gasteiger partial charge in [-0.3, -0.25) is 0 Å². The largest absolute Gasteiger partial charge is 0.366 e. The second-order valence-electron chi connectivity index (χ2n) is 3.89. The molecule has 4 heteroatoms. The predicted octanol–water partition coefficient (Wildman–Crippen LogP) is 3.26. The zero-order valence-corrected chi connectivity index (χ0v) is 11.5. The Kier molecular flexibility index (Phi) is 3.78. The Hall–Kier alpha value is -0.660. The molecule has 0 bridgehead atoms. The smallest absolute Gasteiger partial charge is 0.101 e. The fourth-order valence-corrected chi connectivity index (χ4v) is 3.31. The summed E-state index contributed by atoms with van der Waals surface area (Å²) >= 11 is 5.39. The van der Waals surface area contributed by atoms with Gasteiger partial charge in [0.1, 0.15) is 6.07 Å². The van der Waals surface area contributed by atoms with Gasteiger partial charge in [-0.05, 0) is 25.1 Å². The van der Waals surface area contributed by atoms with Crippen LogP contribution in [0.1, 0.15) is 12.5 Å². The Morgan fingerprint density at radius 2 is 2.38 bits per heavy atom. The van der Waals surface area contributed by atoms with Crippen LogP contribution in [0.2, 0.25) is 0 Å². The third-order valence-electron chi connectivity index (χ3n) is 2.76. The normalized spacial score (nSPS) is 20.6. The topological polar surface area (TPSA) is 27.0 Å². The van der Waals surface area contributed by atoms with E-state index >= 15 is 0 Å². The molecule has 0 aliphatic carbocycles. The summed E-state index contributed by atoms with van der Waals surface area (Å²) in [5.41, 5.74) is 1.83. The number of hydrogen-bond donors (Lipinski definition) is 0. The van der Waals surface area contributed by atoms with Gasteiger partial charge in [-0.25, -0.2) is 0 Å². The summed E-state index contributed by atoms with van der Waals surface area (Å²) in [5, 5.41) is 9.16. The van der Waals surface area contributed by atoms with E-state index in [0.29, 0.717) is 6.04 Å². The first-order chi connectivity index (χ1) is 7.72. The van der Waals surface area contributed by atoms with Crippen molar-refractivity contribution >= 4 is 33.4 Å². The second-order valence-corrected chi connectivity index (χ2v) is 5.96. The summed E-state index contributed by atoms with van der Waals surface area (Å²) in [6.07, 6.45) is 0. The highest BCUT2D eigenvalue weighted by Gasteiger charge is 2.21. The highest BCUT2D eigenvalue weighted by molar-refractivity contribution is 9.10. The minimum Gasteiger partial charge on any atom is -0.366 e. The molecule has 0 aromatic heterocycles. The van der Waals surface area contributed by atoms with Crippen LogP contribution in [0, 0.1) is 11.3 Å². The molecule has 0 radical (unpaired) electrons. The predicted molar refractivity (Wildman–Crippen MR) is 73.0 cm³/mol. The Bertz CT molecular complexity index is 428. The lowest BCUT2D eigenvalue weighted by Crippen LogP contribution is -2.40. The monoisotopic (exact) mass is 296 g/mol. The lowest BCUT2D eigenvalue weighted by atomic mass is 10.1. The van der Waals surface area contributed by atoms with Gasteiger partial charge in [0.25, 0.3) is 0 Å². The average molecular weight is 297 g/mol. The number of nitrogens with zero attached hydrogens (tertiary/aromatic N) is 2. The summed E-state index contributed by atoms with van der Waals surface area (Å²) in [5.74, 6) is 2.28. The summed E-state index contributed by atoms with van der Waals surface area (Å²) in [6, 6.07) is 8.72. The van der Waals surface area contributed by atoms with Crippen molar-refractivity contribution in [3.63, 3.8) is 0 Å². The summed E-state index contributed by atoms with van der Waals surface area (Å²) in [6.45, 7) is 3.25. The van der Waals surface area contributed by atoms with Gasteiger partial charge in [-0.1, -0.05) is 15.9 Å².